The maximum absolute atomic E-state index is 12.7. The number of nitro benzene ring substituents is 1. The maximum atomic E-state index is 12.7. The molecule has 1 atom stereocenters. The van der Waals surface area contributed by atoms with Gasteiger partial charge in [0.05, 0.1) is 22.5 Å². The third kappa shape index (κ3) is 3.66. The maximum Gasteiger partial charge on any atom is 0.292 e. The molecule has 0 saturated carbocycles. The van der Waals surface area contributed by atoms with Crippen LogP contribution in [0.1, 0.15) is 6.92 Å². The molecule has 1 fully saturated rings. The molecule has 1 aliphatic rings. The van der Waals surface area contributed by atoms with Gasteiger partial charge < -0.3 is 10.2 Å². The number of fused-ring (bicyclic) bond motifs is 1. The zero-order valence-corrected chi connectivity index (χ0v) is 16.7. The molecule has 3 heterocycles. The number of amides is 1. The number of nitrogens with zero attached hydrogens (tertiary/aromatic N) is 7. The summed E-state index contributed by atoms with van der Waals surface area (Å²) in [4.78, 5) is 36.3. The van der Waals surface area contributed by atoms with Crippen LogP contribution < -0.4 is 10.2 Å². The van der Waals surface area contributed by atoms with E-state index in [9.17, 15) is 14.9 Å². The number of benzene rings is 1. The highest BCUT2D eigenvalue weighted by Gasteiger charge is 2.28. The molecule has 30 heavy (non-hydrogen) atoms. The second-order valence-electron chi connectivity index (χ2n) is 7.17. The summed E-state index contributed by atoms with van der Waals surface area (Å²) >= 11 is 0. The first kappa shape index (κ1) is 19.7. The highest BCUT2D eigenvalue weighted by molar-refractivity contribution is 5.96. The van der Waals surface area contributed by atoms with Crippen molar-refractivity contribution >= 4 is 34.1 Å². The molecule has 0 spiro atoms. The quantitative estimate of drug-likeness (QED) is 0.495. The normalized spacial score (nSPS) is 15.9. The van der Waals surface area contributed by atoms with Crippen LogP contribution in [-0.2, 0) is 11.8 Å². The number of rotatable bonds is 5. The Balaban J connectivity index is 1.41. The summed E-state index contributed by atoms with van der Waals surface area (Å²) in [5, 5.41) is 19.0. The topological polar surface area (TPSA) is 122 Å². The van der Waals surface area contributed by atoms with E-state index >= 15 is 0 Å². The van der Waals surface area contributed by atoms with Crippen LogP contribution in [-0.4, -0.2) is 67.7 Å². The number of para-hydroxylation sites is 2. The third-order valence-corrected chi connectivity index (χ3v) is 5.41. The van der Waals surface area contributed by atoms with E-state index in [1.165, 1.54) is 18.5 Å². The predicted molar refractivity (Wildman–Crippen MR) is 111 cm³/mol. The van der Waals surface area contributed by atoms with Gasteiger partial charge in [0.2, 0.25) is 5.91 Å². The van der Waals surface area contributed by atoms with Crippen LogP contribution in [0.15, 0.2) is 36.8 Å². The van der Waals surface area contributed by atoms with Crippen molar-refractivity contribution in [2.45, 2.75) is 13.0 Å². The lowest BCUT2D eigenvalue weighted by Gasteiger charge is -2.38. The van der Waals surface area contributed by atoms with Crippen molar-refractivity contribution in [2.75, 3.05) is 36.4 Å². The monoisotopic (exact) mass is 410 g/mol. The summed E-state index contributed by atoms with van der Waals surface area (Å²) in [7, 11) is 1.84. The average molecular weight is 410 g/mol. The summed E-state index contributed by atoms with van der Waals surface area (Å²) in [5.74, 6) is 0.569. The third-order valence-electron chi connectivity index (χ3n) is 5.41. The molecule has 1 N–H and O–H groups in total. The van der Waals surface area contributed by atoms with Crippen molar-refractivity contribution in [3.8, 4) is 0 Å². The summed E-state index contributed by atoms with van der Waals surface area (Å²) in [6, 6.07) is 5.72. The molecule has 1 amide bonds. The lowest BCUT2D eigenvalue weighted by Crippen LogP contribution is -2.53. The van der Waals surface area contributed by atoms with Gasteiger partial charge in [-0.2, -0.15) is 5.10 Å². The van der Waals surface area contributed by atoms with E-state index in [1.54, 1.807) is 23.0 Å². The minimum absolute atomic E-state index is 0.118. The van der Waals surface area contributed by atoms with Crippen LogP contribution in [0.4, 0.5) is 17.2 Å². The molecular weight excluding hydrogens is 388 g/mol. The van der Waals surface area contributed by atoms with Gasteiger partial charge in [0.15, 0.2) is 5.65 Å². The first-order valence-corrected chi connectivity index (χ1v) is 9.61. The number of nitrogens with one attached hydrogen (secondary N) is 1. The Labute approximate surface area is 172 Å². The molecule has 0 unspecified atom stereocenters. The number of hydrogen-bond donors (Lipinski definition) is 1. The van der Waals surface area contributed by atoms with Crippen LogP contribution in [0.3, 0.4) is 0 Å². The second kappa shape index (κ2) is 8.03. The van der Waals surface area contributed by atoms with Crippen molar-refractivity contribution in [3.63, 3.8) is 0 Å². The van der Waals surface area contributed by atoms with Gasteiger partial charge in [0, 0.05) is 39.3 Å². The fourth-order valence-corrected chi connectivity index (χ4v) is 3.66. The van der Waals surface area contributed by atoms with Crippen LogP contribution in [0.5, 0.6) is 0 Å². The second-order valence-corrected chi connectivity index (χ2v) is 7.17. The summed E-state index contributed by atoms with van der Waals surface area (Å²) in [6.45, 7) is 4.53. The molecule has 4 rings (SSSR count). The van der Waals surface area contributed by atoms with Crippen LogP contribution in [0.25, 0.3) is 11.0 Å². The fraction of sp³-hybridized carbons (Fsp3) is 0.368. The number of piperazine rings is 1. The van der Waals surface area contributed by atoms with Gasteiger partial charge in [0.1, 0.15) is 17.8 Å². The Morgan fingerprint density at radius 2 is 1.93 bits per heavy atom. The number of anilines is 2. The highest BCUT2D eigenvalue weighted by Crippen LogP contribution is 2.25. The molecular formula is C19H22N8O3. The van der Waals surface area contributed by atoms with E-state index in [2.05, 4.69) is 30.2 Å². The van der Waals surface area contributed by atoms with Gasteiger partial charge in [-0.25, -0.2) is 9.97 Å². The van der Waals surface area contributed by atoms with E-state index in [-0.39, 0.29) is 17.3 Å². The van der Waals surface area contributed by atoms with Crippen molar-refractivity contribution in [3.05, 3.63) is 46.9 Å². The zero-order valence-electron chi connectivity index (χ0n) is 16.7. The van der Waals surface area contributed by atoms with Gasteiger partial charge in [0.25, 0.3) is 5.69 Å². The minimum Gasteiger partial charge on any atom is -0.353 e. The number of carbonyl (C=O) groups is 1. The minimum atomic E-state index is -0.500. The first-order valence-electron chi connectivity index (χ1n) is 9.61. The molecule has 2 aromatic heterocycles. The Hall–Kier alpha value is -3.60. The Bertz CT molecular complexity index is 1090. The molecule has 11 nitrogen and oxygen atoms in total. The number of hydrogen-bond acceptors (Lipinski definition) is 8. The van der Waals surface area contributed by atoms with Gasteiger partial charge in [-0.3, -0.25) is 24.5 Å². The summed E-state index contributed by atoms with van der Waals surface area (Å²) in [6.07, 6.45) is 3.30. The highest BCUT2D eigenvalue weighted by atomic mass is 16.6. The number of aromatic nitrogens is 4. The number of nitro groups is 1. The van der Waals surface area contributed by atoms with Gasteiger partial charge in [-0.05, 0) is 13.0 Å². The SMILES string of the molecule is C[C@@H](C(=O)Nc1ccccc1[N+](=O)[O-])N1CCN(c2ncnc3c2cnn3C)CC1. The van der Waals surface area contributed by atoms with E-state index in [1.807, 2.05) is 14.0 Å². The van der Waals surface area contributed by atoms with Crippen molar-refractivity contribution in [1.82, 2.24) is 24.6 Å². The van der Waals surface area contributed by atoms with E-state index in [0.717, 1.165) is 16.9 Å². The molecule has 0 radical (unpaired) electrons. The summed E-state index contributed by atoms with van der Waals surface area (Å²) in [5.41, 5.74) is 0.865. The first-order chi connectivity index (χ1) is 14.5. The molecule has 1 aromatic carbocycles. The average Bonchev–Trinajstić information content (AvgIpc) is 3.14. The fourth-order valence-electron chi connectivity index (χ4n) is 3.66. The number of carbonyl (C=O) groups excluding carboxylic acids is 1. The van der Waals surface area contributed by atoms with E-state index in [0.29, 0.717) is 26.2 Å². The lowest BCUT2D eigenvalue weighted by atomic mass is 10.2. The molecule has 1 aliphatic heterocycles. The van der Waals surface area contributed by atoms with E-state index in [4.69, 9.17) is 0 Å². The molecule has 0 aliphatic carbocycles. The zero-order chi connectivity index (χ0) is 21.3. The predicted octanol–water partition coefficient (Wildman–Crippen LogP) is 1.42. The largest absolute Gasteiger partial charge is 0.353 e. The Kier molecular flexibility index (Phi) is 5.27. The van der Waals surface area contributed by atoms with Gasteiger partial charge in [-0.1, -0.05) is 12.1 Å². The van der Waals surface area contributed by atoms with E-state index < -0.39 is 11.0 Å². The Morgan fingerprint density at radius 3 is 2.67 bits per heavy atom. The van der Waals surface area contributed by atoms with Crippen LogP contribution in [0, 0.1) is 10.1 Å². The van der Waals surface area contributed by atoms with Crippen LogP contribution in [0.2, 0.25) is 0 Å². The van der Waals surface area contributed by atoms with Crippen LogP contribution >= 0.6 is 0 Å². The van der Waals surface area contributed by atoms with Crippen molar-refractivity contribution in [2.24, 2.45) is 7.05 Å². The molecule has 1 saturated heterocycles. The standard InChI is InChI=1S/C19H22N8O3/c1-13(19(28)23-15-5-3-4-6-16(15)27(29)30)25-7-9-26(10-8-25)18-14-11-22-24(2)17(14)20-12-21-18/h3-6,11-13H,7-10H2,1-2H3,(H,23,28)/t13-/m0/s1. The smallest absolute Gasteiger partial charge is 0.292 e. The molecule has 3 aromatic rings. The van der Waals surface area contributed by atoms with Gasteiger partial charge >= 0.3 is 0 Å². The van der Waals surface area contributed by atoms with Crippen molar-refractivity contribution < 1.29 is 9.72 Å². The van der Waals surface area contributed by atoms with Gasteiger partial charge in [-0.15, -0.1) is 0 Å². The summed E-state index contributed by atoms with van der Waals surface area (Å²) < 4.78 is 1.71. The molecule has 0 bridgehead atoms. The molecule has 11 heteroatoms. The van der Waals surface area contributed by atoms with Crippen molar-refractivity contribution in [1.29, 1.82) is 0 Å². The Morgan fingerprint density at radius 1 is 1.20 bits per heavy atom. The number of aryl methyl sites for hydroxylation is 1. The molecule has 156 valence electrons. The lowest BCUT2D eigenvalue weighted by molar-refractivity contribution is -0.383.